The van der Waals surface area contributed by atoms with E-state index in [9.17, 15) is 26.8 Å². The number of carbonyl (C=O) groups is 1. The lowest BCUT2D eigenvalue weighted by Gasteiger charge is -2.17. The lowest BCUT2D eigenvalue weighted by atomic mass is 10.3. The molecule has 2 N–H and O–H groups in total. The molecule has 2 amide bonds. The summed E-state index contributed by atoms with van der Waals surface area (Å²) in [6.45, 7) is 0. The first-order valence-corrected chi connectivity index (χ1v) is 4.44. The molecule has 0 spiro atoms. The van der Waals surface area contributed by atoms with Gasteiger partial charge >= 0.3 is 18.6 Å². The maximum Gasteiger partial charge on any atom is 0.461 e. The van der Waals surface area contributed by atoms with Crippen molar-refractivity contribution in [3.8, 4) is 5.75 Å². The van der Waals surface area contributed by atoms with Gasteiger partial charge in [-0.15, -0.1) is 5.12 Å². The molecule has 0 bridgehead atoms. The standard InChI is InChI=1S/C9H7F5N2O2/c10-7(11)9(12,13)18-6-3-1-5(2-4-6)16(14)8(15)17/h1-4,7H,(H2,15,17). The topological polar surface area (TPSA) is 55.6 Å². The molecule has 0 aromatic heterocycles. The van der Waals surface area contributed by atoms with Crippen LogP contribution < -0.4 is 15.6 Å². The van der Waals surface area contributed by atoms with Crippen molar-refractivity contribution in [3.05, 3.63) is 24.3 Å². The van der Waals surface area contributed by atoms with Crippen LogP contribution in [0.5, 0.6) is 5.75 Å². The maximum absolute atomic E-state index is 12.9. The number of anilines is 1. The van der Waals surface area contributed by atoms with Crippen molar-refractivity contribution in [1.29, 1.82) is 0 Å². The highest BCUT2D eigenvalue weighted by Gasteiger charge is 2.43. The number of benzene rings is 1. The van der Waals surface area contributed by atoms with E-state index in [1.54, 1.807) is 0 Å². The van der Waals surface area contributed by atoms with Crippen molar-refractivity contribution >= 4 is 11.7 Å². The van der Waals surface area contributed by atoms with Crippen LogP contribution in [-0.4, -0.2) is 18.6 Å². The molecule has 0 saturated carbocycles. The molecule has 0 atom stereocenters. The Hall–Kier alpha value is -2.06. The number of hydrogen-bond acceptors (Lipinski definition) is 2. The summed E-state index contributed by atoms with van der Waals surface area (Å²) in [7, 11) is 0. The third kappa shape index (κ3) is 3.22. The molecule has 0 unspecified atom stereocenters. The molecule has 18 heavy (non-hydrogen) atoms. The van der Waals surface area contributed by atoms with Gasteiger partial charge in [-0.05, 0) is 24.3 Å². The van der Waals surface area contributed by atoms with Crippen molar-refractivity contribution < 1.29 is 31.6 Å². The molecule has 1 rings (SSSR count). The normalized spacial score (nSPS) is 11.4. The highest BCUT2D eigenvalue weighted by atomic mass is 19.3. The van der Waals surface area contributed by atoms with Gasteiger partial charge in [-0.2, -0.15) is 17.6 Å². The number of primary amides is 1. The predicted octanol–water partition coefficient (Wildman–Crippen LogP) is 2.69. The second-order valence-corrected chi connectivity index (χ2v) is 3.08. The molecule has 0 radical (unpaired) electrons. The van der Waals surface area contributed by atoms with Crippen molar-refractivity contribution in [1.82, 2.24) is 0 Å². The Bertz CT molecular complexity index is 423. The van der Waals surface area contributed by atoms with Crippen LogP contribution in [0.15, 0.2) is 24.3 Å². The second kappa shape index (κ2) is 5.07. The third-order valence-corrected chi connectivity index (χ3v) is 1.76. The number of urea groups is 1. The van der Waals surface area contributed by atoms with Gasteiger partial charge in [-0.3, -0.25) is 0 Å². The number of hydrogen-bond donors (Lipinski definition) is 1. The number of rotatable bonds is 4. The van der Waals surface area contributed by atoms with E-state index in [-0.39, 0.29) is 5.69 Å². The van der Waals surface area contributed by atoms with Crippen LogP contribution in [0.4, 0.5) is 32.5 Å². The smallest absolute Gasteiger partial charge is 0.428 e. The minimum atomic E-state index is -4.65. The van der Waals surface area contributed by atoms with E-state index in [0.29, 0.717) is 0 Å². The highest BCUT2D eigenvalue weighted by Crippen LogP contribution is 2.28. The molecule has 0 aliphatic heterocycles. The van der Waals surface area contributed by atoms with Gasteiger partial charge in [0, 0.05) is 0 Å². The van der Waals surface area contributed by atoms with Crippen molar-refractivity contribution in [2.45, 2.75) is 12.5 Å². The minimum absolute atomic E-state index is 0.352. The number of ether oxygens (including phenoxy) is 1. The zero-order valence-electron chi connectivity index (χ0n) is 8.62. The molecule has 1 aromatic carbocycles. The lowest BCUT2D eigenvalue weighted by Crippen LogP contribution is -2.33. The molecular formula is C9H7F5N2O2. The lowest BCUT2D eigenvalue weighted by molar-refractivity contribution is -0.253. The van der Waals surface area contributed by atoms with Gasteiger partial charge in [-0.1, -0.05) is 4.48 Å². The predicted molar refractivity (Wildman–Crippen MR) is 51.2 cm³/mol. The fourth-order valence-electron chi connectivity index (χ4n) is 0.974. The summed E-state index contributed by atoms with van der Waals surface area (Å²) in [5, 5.41) is -0.449. The van der Waals surface area contributed by atoms with E-state index >= 15 is 0 Å². The quantitative estimate of drug-likeness (QED) is 0.675. The molecule has 0 saturated heterocycles. The summed E-state index contributed by atoms with van der Waals surface area (Å²) >= 11 is 0. The Kier molecular flexibility index (Phi) is 3.94. The zero-order valence-corrected chi connectivity index (χ0v) is 8.62. The highest BCUT2D eigenvalue weighted by molar-refractivity contribution is 5.88. The summed E-state index contributed by atoms with van der Waals surface area (Å²) in [5.74, 6) is -0.609. The third-order valence-electron chi connectivity index (χ3n) is 1.76. The summed E-state index contributed by atoms with van der Waals surface area (Å²) < 4.78 is 65.2. The van der Waals surface area contributed by atoms with Gasteiger partial charge in [0.15, 0.2) is 0 Å². The van der Waals surface area contributed by atoms with Gasteiger partial charge in [0.05, 0.1) is 5.69 Å². The first-order chi connectivity index (χ1) is 8.24. The molecule has 0 heterocycles. The zero-order chi connectivity index (χ0) is 13.9. The summed E-state index contributed by atoms with van der Waals surface area (Å²) in [4.78, 5) is 10.4. The van der Waals surface area contributed by atoms with Gasteiger partial charge in [0.1, 0.15) is 5.75 Å². The summed E-state index contributed by atoms with van der Waals surface area (Å²) in [6.07, 6.45) is -8.65. The molecule has 4 nitrogen and oxygen atoms in total. The number of alkyl halides is 4. The average molecular weight is 270 g/mol. The Morgan fingerprint density at radius 3 is 2.17 bits per heavy atom. The Morgan fingerprint density at radius 1 is 1.28 bits per heavy atom. The summed E-state index contributed by atoms with van der Waals surface area (Å²) in [6, 6.07) is 1.90. The van der Waals surface area contributed by atoms with Crippen LogP contribution >= 0.6 is 0 Å². The molecule has 0 aliphatic carbocycles. The van der Waals surface area contributed by atoms with Crippen molar-refractivity contribution in [2.75, 3.05) is 5.12 Å². The van der Waals surface area contributed by atoms with E-state index < -0.39 is 29.4 Å². The minimum Gasteiger partial charge on any atom is -0.428 e. The van der Waals surface area contributed by atoms with E-state index in [1.165, 1.54) is 0 Å². The molecular weight excluding hydrogens is 263 g/mol. The Morgan fingerprint density at radius 2 is 1.78 bits per heavy atom. The van der Waals surface area contributed by atoms with Crippen LogP contribution in [0.3, 0.4) is 0 Å². The van der Waals surface area contributed by atoms with E-state index in [0.717, 1.165) is 24.3 Å². The fourth-order valence-corrected chi connectivity index (χ4v) is 0.974. The first-order valence-electron chi connectivity index (χ1n) is 4.44. The van der Waals surface area contributed by atoms with Crippen LogP contribution in [0.25, 0.3) is 0 Å². The fraction of sp³-hybridized carbons (Fsp3) is 0.222. The van der Waals surface area contributed by atoms with E-state index in [2.05, 4.69) is 10.5 Å². The number of nitrogens with zero attached hydrogens (tertiary/aromatic N) is 1. The van der Waals surface area contributed by atoms with E-state index in [4.69, 9.17) is 0 Å². The van der Waals surface area contributed by atoms with Gasteiger partial charge in [0.2, 0.25) is 0 Å². The molecule has 0 aliphatic rings. The number of nitrogens with two attached hydrogens (primary N) is 1. The Labute approximate surface area is 97.7 Å². The van der Waals surface area contributed by atoms with Crippen LogP contribution in [0, 0.1) is 0 Å². The first kappa shape index (κ1) is 14.0. The van der Waals surface area contributed by atoms with Gasteiger partial charge < -0.3 is 10.5 Å². The Balaban J connectivity index is 2.81. The SMILES string of the molecule is NC(=O)N(F)c1ccc(OC(F)(F)C(F)F)cc1. The molecule has 100 valence electrons. The van der Waals surface area contributed by atoms with Crippen LogP contribution in [0.1, 0.15) is 0 Å². The maximum atomic E-state index is 12.9. The van der Waals surface area contributed by atoms with Gasteiger partial charge in [0.25, 0.3) is 0 Å². The van der Waals surface area contributed by atoms with Gasteiger partial charge in [-0.25, -0.2) is 4.79 Å². The molecule has 0 fully saturated rings. The second-order valence-electron chi connectivity index (χ2n) is 3.08. The van der Waals surface area contributed by atoms with Crippen molar-refractivity contribution in [2.24, 2.45) is 5.73 Å². The molecule has 1 aromatic rings. The van der Waals surface area contributed by atoms with Crippen LogP contribution in [-0.2, 0) is 0 Å². The average Bonchev–Trinajstić information content (AvgIpc) is 2.28. The largest absolute Gasteiger partial charge is 0.461 e. The monoisotopic (exact) mass is 270 g/mol. The summed E-state index contributed by atoms with van der Waals surface area (Å²) in [5.41, 5.74) is 4.26. The number of halogens is 5. The number of amides is 2. The van der Waals surface area contributed by atoms with E-state index in [1.807, 2.05) is 0 Å². The number of carbonyl (C=O) groups excluding carboxylic acids is 1. The molecule has 9 heteroatoms. The van der Waals surface area contributed by atoms with Crippen LogP contribution in [0.2, 0.25) is 0 Å². The van der Waals surface area contributed by atoms with Crippen molar-refractivity contribution in [3.63, 3.8) is 0 Å².